The molecule has 6 atom stereocenters. The second-order valence-electron chi connectivity index (χ2n) is 15.5. The molecule has 312 valence electrons. The monoisotopic (exact) mass is 807 g/mol. The van der Waals surface area contributed by atoms with Gasteiger partial charge in [0, 0.05) is 43.8 Å². The number of carbonyl (C=O) groups is 3. The molecule has 1 unspecified atom stereocenters. The number of aliphatic hydroxyl groups excluding tert-OH is 1. The molecule has 0 spiro atoms. The maximum absolute atomic E-state index is 13.7. The van der Waals surface area contributed by atoms with Crippen LogP contribution in [0.5, 0.6) is 0 Å². The summed E-state index contributed by atoms with van der Waals surface area (Å²) in [5, 5.41) is 16.5. The van der Waals surface area contributed by atoms with E-state index >= 15 is 0 Å². The molecule has 0 bridgehead atoms. The molecule has 16 heteroatoms. The number of aromatic nitrogens is 5. The summed E-state index contributed by atoms with van der Waals surface area (Å²) in [5.41, 5.74) is 6.23. The fourth-order valence-corrected chi connectivity index (χ4v) is 8.04. The molecule has 3 amide bonds. The standard InChI is InChI=1S/C43H53N9O7/c1-24(2)36(49-42(55)58-5)40(53)51-19-7-9-34(51)38-44-22-32(47-38)27-13-11-26(12-14-27)30-17-15-28-21-29(16-18-31(28)46-30)33-23-45-39(48-33)35-10-8-20-52(35)41(54)37(25(3)57-4)50-43(56)59-6/h11-18,21-25,34-37,42,49,55H,7-10,19-20H2,1-6H3,(H,44,47)(H,45,48)(H,50,56)/t25-,34+,35+,36+,37+,42?/m1/s1. The number of nitrogens with zero attached hydrogens (tertiary/aromatic N) is 5. The summed E-state index contributed by atoms with van der Waals surface area (Å²) in [6, 6.07) is 16.3. The van der Waals surface area contributed by atoms with Crippen molar-refractivity contribution in [1.82, 2.24) is 45.4 Å². The largest absolute Gasteiger partial charge is 0.453 e. The van der Waals surface area contributed by atoms with E-state index < -0.39 is 30.7 Å². The van der Waals surface area contributed by atoms with Crippen LogP contribution in [0.25, 0.3) is 44.7 Å². The minimum atomic E-state index is -1.23. The molecule has 3 aromatic heterocycles. The zero-order chi connectivity index (χ0) is 41.8. The lowest BCUT2D eigenvalue weighted by Crippen LogP contribution is -2.54. The minimum Gasteiger partial charge on any atom is -0.453 e. The number of aliphatic hydroxyl groups is 1. The number of methoxy groups -OCH3 is 3. The molecule has 7 rings (SSSR count). The number of carbonyl (C=O) groups excluding carboxylic acids is 3. The van der Waals surface area contributed by atoms with Gasteiger partial charge < -0.3 is 44.4 Å². The summed E-state index contributed by atoms with van der Waals surface area (Å²) in [5.74, 6) is 1.03. The van der Waals surface area contributed by atoms with Gasteiger partial charge in [-0.1, -0.05) is 50.2 Å². The summed E-state index contributed by atoms with van der Waals surface area (Å²) in [4.78, 5) is 64.1. The lowest BCUT2D eigenvalue weighted by atomic mass is 10.0. The van der Waals surface area contributed by atoms with Crippen molar-refractivity contribution >= 4 is 28.8 Å². The topological polar surface area (TPSA) is 200 Å². The molecule has 0 saturated carbocycles. The van der Waals surface area contributed by atoms with Crippen LogP contribution in [0.1, 0.15) is 70.2 Å². The molecule has 59 heavy (non-hydrogen) atoms. The third-order valence-electron chi connectivity index (χ3n) is 11.4. The van der Waals surface area contributed by atoms with E-state index in [1.54, 1.807) is 24.2 Å². The lowest BCUT2D eigenvalue weighted by Gasteiger charge is -2.31. The number of ether oxygens (including phenoxy) is 3. The summed E-state index contributed by atoms with van der Waals surface area (Å²) in [6.07, 6.45) is 4.30. The van der Waals surface area contributed by atoms with Crippen LogP contribution in [0.4, 0.5) is 4.79 Å². The van der Waals surface area contributed by atoms with E-state index in [1.807, 2.05) is 61.2 Å². The Balaban J connectivity index is 1.02. The first-order valence-corrected chi connectivity index (χ1v) is 20.1. The van der Waals surface area contributed by atoms with E-state index in [4.69, 9.17) is 24.2 Å². The summed E-state index contributed by atoms with van der Waals surface area (Å²) >= 11 is 0. The number of aromatic amines is 2. The van der Waals surface area contributed by atoms with Gasteiger partial charge in [0.2, 0.25) is 18.2 Å². The van der Waals surface area contributed by atoms with Crippen molar-refractivity contribution in [3.8, 4) is 33.8 Å². The molecule has 2 fully saturated rings. The van der Waals surface area contributed by atoms with Crippen molar-refractivity contribution in [2.45, 2.75) is 83.1 Å². The van der Waals surface area contributed by atoms with Crippen molar-refractivity contribution in [1.29, 1.82) is 0 Å². The zero-order valence-electron chi connectivity index (χ0n) is 34.3. The van der Waals surface area contributed by atoms with Gasteiger partial charge in [-0.25, -0.2) is 19.7 Å². The molecular formula is C43H53N9O7. The quantitative estimate of drug-likeness (QED) is 0.0912. The van der Waals surface area contributed by atoms with Gasteiger partial charge in [-0.2, -0.15) is 0 Å². The molecule has 16 nitrogen and oxygen atoms in total. The smallest absolute Gasteiger partial charge is 0.407 e. The van der Waals surface area contributed by atoms with Crippen LogP contribution in [0.3, 0.4) is 0 Å². The van der Waals surface area contributed by atoms with Crippen molar-refractivity contribution in [2.24, 2.45) is 5.92 Å². The predicted octanol–water partition coefficient (Wildman–Crippen LogP) is 5.31. The lowest BCUT2D eigenvalue weighted by molar-refractivity contribution is -0.145. The second-order valence-corrected chi connectivity index (χ2v) is 15.5. The zero-order valence-corrected chi connectivity index (χ0v) is 34.3. The number of imidazole rings is 2. The predicted molar refractivity (Wildman–Crippen MR) is 220 cm³/mol. The first-order valence-electron chi connectivity index (χ1n) is 20.1. The summed E-state index contributed by atoms with van der Waals surface area (Å²) in [6.45, 7) is 6.76. The number of benzene rings is 2. The van der Waals surface area contributed by atoms with E-state index in [9.17, 15) is 19.5 Å². The van der Waals surface area contributed by atoms with Gasteiger partial charge in [-0.3, -0.25) is 14.9 Å². The first-order chi connectivity index (χ1) is 28.5. The average molecular weight is 808 g/mol. The Kier molecular flexibility index (Phi) is 12.7. The van der Waals surface area contributed by atoms with E-state index in [2.05, 4.69) is 37.7 Å². The van der Waals surface area contributed by atoms with Crippen molar-refractivity contribution in [3.05, 3.63) is 78.6 Å². The maximum Gasteiger partial charge on any atom is 0.407 e. The third-order valence-corrected chi connectivity index (χ3v) is 11.4. The number of likely N-dealkylation sites (tertiary alicyclic amines) is 2. The molecule has 2 aromatic carbocycles. The Morgan fingerprint density at radius 2 is 1.34 bits per heavy atom. The van der Waals surface area contributed by atoms with Gasteiger partial charge in [0.05, 0.1) is 66.3 Å². The Labute approximate surface area is 343 Å². The van der Waals surface area contributed by atoms with Crippen LogP contribution < -0.4 is 10.6 Å². The number of amides is 3. The fraction of sp³-hybridized carbons (Fsp3) is 0.442. The third kappa shape index (κ3) is 8.85. The van der Waals surface area contributed by atoms with Gasteiger partial charge in [-0.05, 0) is 62.3 Å². The van der Waals surface area contributed by atoms with Crippen LogP contribution >= 0.6 is 0 Å². The molecule has 5 aromatic rings. The number of nitrogens with one attached hydrogen (secondary N) is 4. The summed E-state index contributed by atoms with van der Waals surface area (Å²) in [7, 11) is 4.14. The number of hydrogen-bond acceptors (Lipinski definition) is 11. The highest BCUT2D eigenvalue weighted by atomic mass is 16.6. The van der Waals surface area contributed by atoms with Crippen molar-refractivity contribution in [3.63, 3.8) is 0 Å². The normalized spacial score (nSPS) is 18.9. The van der Waals surface area contributed by atoms with Gasteiger partial charge in [0.15, 0.2) is 0 Å². The maximum atomic E-state index is 13.7. The molecule has 2 aliphatic rings. The minimum absolute atomic E-state index is 0.0512. The van der Waals surface area contributed by atoms with Crippen LogP contribution in [-0.2, 0) is 23.8 Å². The molecule has 0 aliphatic carbocycles. The molecule has 2 aliphatic heterocycles. The molecular weight excluding hydrogens is 755 g/mol. The number of alkyl carbamates (subject to hydrolysis) is 1. The van der Waals surface area contributed by atoms with Gasteiger partial charge in [0.25, 0.3) is 0 Å². The molecule has 5 N–H and O–H groups in total. The van der Waals surface area contributed by atoms with Crippen LogP contribution in [0.15, 0.2) is 67.0 Å². The average Bonchev–Trinajstić information content (AvgIpc) is 4.10. The van der Waals surface area contributed by atoms with E-state index in [-0.39, 0.29) is 29.8 Å². The molecule has 2 saturated heterocycles. The summed E-state index contributed by atoms with van der Waals surface area (Å²) < 4.78 is 15.1. The van der Waals surface area contributed by atoms with Gasteiger partial charge >= 0.3 is 6.09 Å². The van der Waals surface area contributed by atoms with Crippen LogP contribution in [-0.4, -0.2) is 117 Å². The van der Waals surface area contributed by atoms with E-state index in [0.29, 0.717) is 18.9 Å². The fourth-order valence-electron chi connectivity index (χ4n) is 8.04. The Morgan fingerprint density at radius 3 is 1.92 bits per heavy atom. The van der Waals surface area contributed by atoms with E-state index in [0.717, 1.165) is 76.2 Å². The Morgan fingerprint density at radius 1 is 0.763 bits per heavy atom. The number of H-pyrrole nitrogens is 2. The highest BCUT2D eigenvalue weighted by Gasteiger charge is 2.39. The second kappa shape index (κ2) is 18.1. The highest BCUT2D eigenvalue weighted by Crippen LogP contribution is 2.35. The van der Waals surface area contributed by atoms with Crippen LogP contribution in [0.2, 0.25) is 0 Å². The Bertz CT molecular complexity index is 2260. The SMILES string of the molecule is COC(=O)N[C@H](C(=O)N1CCC[C@H]1c1ncc(-c2ccc3nc(-c4ccc(-c5cnc([C@@H]6CCCN6C(=O)[C@@H](NC(O)OC)C(C)C)[nH]5)cc4)ccc3c2)[nH]1)[C@@H](C)OC. The Hall–Kier alpha value is -5.68. The molecule has 0 radical (unpaired) electrons. The van der Waals surface area contributed by atoms with Crippen molar-refractivity contribution < 1.29 is 33.7 Å². The number of fused-ring (bicyclic) bond motifs is 1. The number of pyridine rings is 1. The van der Waals surface area contributed by atoms with Gasteiger partial charge in [0.1, 0.15) is 17.7 Å². The number of rotatable bonds is 14. The van der Waals surface area contributed by atoms with E-state index in [1.165, 1.54) is 21.3 Å². The molecule has 5 heterocycles. The highest BCUT2D eigenvalue weighted by molar-refractivity contribution is 5.88. The van der Waals surface area contributed by atoms with Gasteiger partial charge in [-0.15, -0.1) is 0 Å². The van der Waals surface area contributed by atoms with Crippen LogP contribution in [0, 0.1) is 5.92 Å². The first kappa shape index (κ1) is 41.5. The number of hydrogen-bond donors (Lipinski definition) is 5. The van der Waals surface area contributed by atoms with Crippen molar-refractivity contribution in [2.75, 3.05) is 34.4 Å².